The Balaban J connectivity index is 1.71. The van der Waals surface area contributed by atoms with Gasteiger partial charge in [-0.25, -0.2) is 4.98 Å². The molecule has 3 heterocycles. The molecule has 2 bridgehead atoms. The largest absolute Gasteiger partial charge is 0.393 e. The Morgan fingerprint density at radius 3 is 2.47 bits per heavy atom. The SMILES string of the molecule is CC(C)(C)c1nc(CN2C3CCC2CC(O)C3)cs1. The van der Waals surface area contributed by atoms with Crippen molar-refractivity contribution >= 4 is 11.3 Å². The maximum Gasteiger partial charge on any atom is 0.0982 e. The Bertz CT molecular complexity index is 437. The quantitative estimate of drug-likeness (QED) is 0.905. The molecule has 0 aromatic carbocycles. The molecule has 0 spiro atoms. The predicted octanol–water partition coefficient (Wildman–Crippen LogP) is 2.93. The summed E-state index contributed by atoms with van der Waals surface area (Å²) in [6.45, 7) is 7.62. The number of aromatic nitrogens is 1. The molecule has 2 unspecified atom stereocenters. The fraction of sp³-hybridized carbons (Fsp3) is 0.800. The molecule has 0 radical (unpaired) electrons. The van der Waals surface area contributed by atoms with Crippen LogP contribution < -0.4 is 0 Å². The van der Waals surface area contributed by atoms with Gasteiger partial charge in [0.05, 0.1) is 16.8 Å². The minimum atomic E-state index is -0.0747. The Hall–Kier alpha value is -0.450. The average molecular weight is 280 g/mol. The molecule has 19 heavy (non-hydrogen) atoms. The zero-order valence-corrected chi connectivity index (χ0v) is 12.9. The number of aliphatic hydroxyl groups is 1. The molecule has 1 aromatic rings. The number of piperidine rings is 1. The van der Waals surface area contributed by atoms with Crippen LogP contribution in [-0.2, 0) is 12.0 Å². The van der Waals surface area contributed by atoms with Gasteiger partial charge < -0.3 is 5.11 Å². The van der Waals surface area contributed by atoms with E-state index in [1.165, 1.54) is 23.5 Å². The molecule has 2 atom stereocenters. The van der Waals surface area contributed by atoms with Crippen molar-refractivity contribution in [1.29, 1.82) is 0 Å². The molecule has 2 aliphatic rings. The first kappa shape index (κ1) is 13.5. The molecule has 2 fully saturated rings. The Morgan fingerprint density at radius 1 is 1.32 bits per heavy atom. The van der Waals surface area contributed by atoms with E-state index in [0.717, 1.165) is 19.4 Å². The van der Waals surface area contributed by atoms with Crippen molar-refractivity contribution in [3.05, 3.63) is 16.1 Å². The van der Waals surface area contributed by atoms with E-state index in [2.05, 4.69) is 31.1 Å². The first-order valence-electron chi connectivity index (χ1n) is 7.32. The van der Waals surface area contributed by atoms with Crippen LogP contribution in [0.15, 0.2) is 5.38 Å². The summed E-state index contributed by atoms with van der Waals surface area (Å²) in [6, 6.07) is 1.15. The topological polar surface area (TPSA) is 36.4 Å². The second-order valence-corrected chi connectivity index (χ2v) is 7.93. The van der Waals surface area contributed by atoms with Crippen LogP contribution in [0.4, 0.5) is 0 Å². The molecule has 0 amide bonds. The number of hydrogen-bond acceptors (Lipinski definition) is 4. The van der Waals surface area contributed by atoms with Crippen LogP contribution >= 0.6 is 11.3 Å². The predicted molar refractivity (Wildman–Crippen MR) is 78.4 cm³/mol. The van der Waals surface area contributed by atoms with Crippen molar-refractivity contribution in [2.24, 2.45) is 0 Å². The lowest BCUT2D eigenvalue weighted by molar-refractivity contribution is 0.0304. The van der Waals surface area contributed by atoms with Crippen LogP contribution in [-0.4, -0.2) is 33.2 Å². The molecule has 0 aliphatic carbocycles. The summed E-state index contributed by atoms with van der Waals surface area (Å²) >= 11 is 1.78. The minimum Gasteiger partial charge on any atom is -0.393 e. The molecule has 3 nitrogen and oxygen atoms in total. The molecule has 2 saturated heterocycles. The van der Waals surface area contributed by atoms with E-state index >= 15 is 0 Å². The monoisotopic (exact) mass is 280 g/mol. The zero-order valence-electron chi connectivity index (χ0n) is 12.1. The summed E-state index contributed by atoms with van der Waals surface area (Å²) in [5.74, 6) is 0. The van der Waals surface area contributed by atoms with Gasteiger partial charge in [-0.1, -0.05) is 20.8 Å². The Morgan fingerprint density at radius 2 is 1.95 bits per heavy atom. The highest BCUT2D eigenvalue weighted by Gasteiger charge is 2.40. The van der Waals surface area contributed by atoms with E-state index in [1.807, 2.05) is 0 Å². The summed E-state index contributed by atoms with van der Waals surface area (Å²) in [5, 5.41) is 13.3. The zero-order chi connectivity index (χ0) is 13.6. The van der Waals surface area contributed by atoms with Crippen LogP contribution in [0.25, 0.3) is 0 Å². The summed E-state index contributed by atoms with van der Waals surface area (Å²) in [5.41, 5.74) is 1.36. The fourth-order valence-electron chi connectivity index (χ4n) is 3.41. The molecule has 3 rings (SSSR count). The number of thiazole rings is 1. The van der Waals surface area contributed by atoms with Gasteiger partial charge in [-0.05, 0) is 25.7 Å². The third-order valence-electron chi connectivity index (χ3n) is 4.40. The van der Waals surface area contributed by atoms with E-state index in [0.29, 0.717) is 12.1 Å². The van der Waals surface area contributed by atoms with Gasteiger partial charge in [0.25, 0.3) is 0 Å². The average Bonchev–Trinajstić information content (AvgIpc) is 2.85. The highest BCUT2D eigenvalue weighted by Crippen LogP contribution is 2.37. The van der Waals surface area contributed by atoms with E-state index in [9.17, 15) is 5.11 Å². The van der Waals surface area contributed by atoms with Gasteiger partial charge in [0.15, 0.2) is 0 Å². The first-order chi connectivity index (χ1) is 8.93. The molecule has 4 heteroatoms. The normalized spacial score (nSPS) is 31.9. The molecular formula is C15H24N2OS. The fourth-order valence-corrected chi connectivity index (χ4v) is 4.31. The Labute approximate surface area is 119 Å². The van der Waals surface area contributed by atoms with Crippen molar-refractivity contribution in [3.63, 3.8) is 0 Å². The Kier molecular flexibility index (Phi) is 3.44. The van der Waals surface area contributed by atoms with Crippen LogP contribution in [0.3, 0.4) is 0 Å². The van der Waals surface area contributed by atoms with E-state index in [1.54, 1.807) is 11.3 Å². The molecule has 0 saturated carbocycles. The number of hydrogen-bond donors (Lipinski definition) is 1. The van der Waals surface area contributed by atoms with Crippen LogP contribution in [0.5, 0.6) is 0 Å². The third kappa shape index (κ3) is 2.71. The maximum atomic E-state index is 9.84. The van der Waals surface area contributed by atoms with E-state index in [4.69, 9.17) is 4.98 Å². The van der Waals surface area contributed by atoms with Gasteiger partial charge in [-0.15, -0.1) is 11.3 Å². The van der Waals surface area contributed by atoms with Gasteiger partial charge in [-0.3, -0.25) is 4.90 Å². The van der Waals surface area contributed by atoms with Crippen molar-refractivity contribution in [1.82, 2.24) is 9.88 Å². The van der Waals surface area contributed by atoms with E-state index in [-0.39, 0.29) is 11.5 Å². The maximum absolute atomic E-state index is 9.84. The van der Waals surface area contributed by atoms with Crippen LogP contribution in [0.1, 0.15) is 57.2 Å². The standard InChI is InChI=1S/C15H24N2OS/c1-15(2,3)14-16-10(9-19-14)8-17-11-4-5-12(17)7-13(18)6-11/h9,11-13,18H,4-8H2,1-3H3. The van der Waals surface area contributed by atoms with Crippen molar-refractivity contribution < 1.29 is 5.11 Å². The van der Waals surface area contributed by atoms with E-state index < -0.39 is 0 Å². The number of rotatable bonds is 2. The van der Waals surface area contributed by atoms with Crippen LogP contribution in [0, 0.1) is 0 Å². The molecule has 2 aliphatic heterocycles. The molecule has 106 valence electrons. The molecule has 1 aromatic heterocycles. The lowest BCUT2D eigenvalue weighted by Gasteiger charge is -2.36. The minimum absolute atomic E-state index is 0.0747. The first-order valence-corrected chi connectivity index (χ1v) is 8.20. The number of fused-ring (bicyclic) bond motifs is 2. The summed E-state index contributed by atoms with van der Waals surface area (Å²) < 4.78 is 0. The third-order valence-corrected chi connectivity index (χ3v) is 5.71. The number of aliphatic hydroxyl groups excluding tert-OH is 1. The van der Waals surface area contributed by atoms with Gasteiger partial charge in [0, 0.05) is 29.4 Å². The molecule has 1 N–H and O–H groups in total. The number of nitrogens with zero attached hydrogens (tertiary/aromatic N) is 2. The lowest BCUT2D eigenvalue weighted by atomic mass is 9.98. The lowest BCUT2D eigenvalue weighted by Crippen LogP contribution is -2.44. The highest BCUT2D eigenvalue weighted by atomic mass is 32.1. The van der Waals surface area contributed by atoms with Gasteiger partial charge in [0.2, 0.25) is 0 Å². The summed E-state index contributed by atoms with van der Waals surface area (Å²) in [7, 11) is 0. The molecular weight excluding hydrogens is 256 g/mol. The van der Waals surface area contributed by atoms with Gasteiger partial charge in [-0.2, -0.15) is 0 Å². The smallest absolute Gasteiger partial charge is 0.0982 e. The second kappa shape index (κ2) is 4.83. The van der Waals surface area contributed by atoms with Crippen molar-refractivity contribution in [3.8, 4) is 0 Å². The van der Waals surface area contributed by atoms with Crippen molar-refractivity contribution in [2.75, 3.05) is 0 Å². The van der Waals surface area contributed by atoms with Gasteiger partial charge >= 0.3 is 0 Å². The highest BCUT2D eigenvalue weighted by molar-refractivity contribution is 7.09. The van der Waals surface area contributed by atoms with Crippen LogP contribution in [0.2, 0.25) is 0 Å². The summed E-state index contributed by atoms with van der Waals surface area (Å²) in [4.78, 5) is 7.38. The second-order valence-electron chi connectivity index (χ2n) is 7.08. The van der Waals surface area contributed by atoms with Crippen molar-refractivity contribution in [2.45, 2.75) is 76.6 Å². The van der Waals surface area contributed by atoms with Gasteiger partial charge in [0.1, 0.15) is 0 Å². The summed E-state index contributed by atoms with van der Waals surface area (Å²) in [6.07, 6.45) is 4.32.